The molecule has 0 atom stereocenters. The number of carbonyl (C=O) groups is 2. The first kappa shape index (κ1) is 18.4. The number of para-hydroxylation sites is 2. The Labute approximate surface area is 158 Å². The normalized spacial score (nSPS) is 10.6. The minimum atomic E-state index is -0.367. The molecule has 0 unspecified atom stereocenters. The van der Waals surface area contributed by atoms with Gasteiger partial charge in [-0.2, -0.15) is 5.10 Å². The van der Waals surface area contributed by atoms with Gasteiger partial charge in [0.1, 0.15) is 0 Å². The highest BCUT2D eigenvalue weighted by molar-refractivity contribution is 6.08. The summed E-state index contributed by atoms with van der Waals surface area (Å²) in [6.07, 6.45) is 1.73. The molecule has 0 aliphatic carbocycles. The molecule has 0 spiro atoms. The Morgan fingerprint density at radius 2 is 1.67 bits per heavy atom. The number of rotatable bonds is 6. The van der Waals surface area contributed by atoms with Crippen molar-refractivity contribution in [1.82, 2.24) is 15.1 Å². The molecule has 0 saturated heterocycles. The van der Waals surface area contributed by atoms with E-state index in [0.29, 0.717) is 23.7 Å². The lowest BCUT2D eigenvalue weighted by molar-refractivity contribution is 0.0950. The van der Waals surface area contributed by atoms with Crippen LogP contribution in [0.3, 0.4) is 0 Å². The number of nitrogens with one attached hydrogen (secondary N) is 2. The van der Waals surface area contributed by atoms with E-state index in [1.54, 1.807) is 41.2 Å². The standard InChI is InChI=1S/C21H22N4O2/c1-15(2)14-22-20(26)17-10-6-7-11-18(17)23-21(27)19-12-13-25(24-19)16-8-4-3-5-9-16/h3-13,15H,14H2,1-2H3,(H,22,26)(H,23,27). The molecule has 6 nitrogen and oxygen atoms in total. The highest BCUT2D eigenvalue weighted by Crippen LogP contribution is 2.16. The number of amides is 2. The summed E-state index contributed by atoms with van der Waals surface area (Å²) in [7, 11) is 0. The Bertz CT molecular complexity index is 932. The summed E-state index contributed by atoms with van der Waals surface area (Å²) in [5.74, 6) is -0.235. The van der Waals surface area contributed by atoms with Crippen LogP contribution >= 0.6 is 0 Å². The van der Waals surface area contributed by atoms with Crippen LogP contribution in [0, 0.1) is 5.92 Å². The van der Waals surface area contributed by atoms with Crippen molar-refractivity contribution in [3.05, 3.63) is 78.1 Å². The highest BCUT2D eigenvalue weighted by Gasteiger charge is 2.16. The fourth-order valence-corrected chi connectivity index (χ4v) is 2.54. The molecule has 0 radical (unpaired) electrons. The van der Waals surface area contributed by atoms with Gasteiger partial charge in [0.15, 0.2) is 5.69 Å². The quantitative estimate of drug-likeness (QED) is 0.704. The second-order valence-corrected chi connectivity index (χ2v) is 6.58. The molecule has 0 fully saturated rings. The van der Waals surface area contributed by atoms with Gasteiger partial charge in [-0.15, -0.1) is 0 Å². The fourth-order valence-electron chi connectivity index (χ4n) is 2.54. The van der Waals surface area contributed by atoms with Crippen LogP contribution in [-0.4, -0.2) is 28.1 Å². The molecule has 2 amide bonds. The van der Waals surface area contributed by atoms with Gasteiger partial charge >= 0.3 is 0 Å². The maximum absolute atomic E-state index is 12.6. The van der Waals surface area contributed by atoms with E-state index >= 15 is 0 Å². The zero-order valence-electron chi connectivity index (χ0n) is 15.3. The molecule has 2 aromatic carbocycles. The molecule has 27 heavy (non-hydrogen) atoms. The molecule has 3 rings (SSSR count). The van der Waals surface area contributed by atoms with E-state index in [-0.39, 0.29) is 17.5 Å². The maximum Gasteiger partial charge on any atom is 0.276 e. The van der Waals surface area contributed by atoms with E-state index in [9.17, 15) is 9.59 Å². The van der Waals surface area contributed by atoms with Crippen molar-refractivity contribution in [3.63, 3.8) is 0 Å². The SMILES string of the molecule is CC(C)CNC(=O)c1ccccc1NC(=O)c1ccn(-c2ccccc2)n1. The number of nitrogens with zero attached hydrogens (tertiary/aromatic N) is 2. The fraction of sp³-hybridized carbons (Fsp3) is 0.190. The second kappa shape index (κ2) is 8.31. The van der Waals surface area contributed by atoms with Crippen LogP contribution < -0.4 is 10.6 Å². The summed E-state index contributed by atoms with van der Waals surface area (Å²) in [5, 5.41) is 9.97. The number of hydrogen-bond donors (Lipinski definition) is 2. The van der Waals surface area contributed by atoms with Crippen LogP contribution in [0.1, 0.15) is 34.7 Å². The van der Waals surface area contributed by atoms with E-state index < -0.39 is 0 Å². The molecule has 3 aromatic rings. The van der Waals surface area contributed by atoms with E-state index in [4.69, 9.17) is 0 Å². The van der Waals surface area contributed by atoms with E-state index in [1.807, 2.05) is 44.2 Å². The minimum Gasteiger partial charge on any atom is -0.352 e. The molecule has 1 aromatic heterocycles. The van der Waals surface area contributed by atoms with E-state index in [0.717, 1.165) is 5.69 Å². The molecular weight excluding hydrogens is 340 g/mol. The number of aromatic nitrogens is 2. The Kier molecular flexibility index (Phi) is 5.66. The molecule has 2 N–H and O–H groups in total. The minimum absolute atomic E-state index is 0.214. The van der Waals surface area contributed by atoms with Gasteiger partial charge in [0, 0.05) is 12.7 Å². The van der Waals surface area contributed by atoms with Crippen molar-refractivity contribution in [1.29, 1.82) is 0 Å². The van der Waals surface area contributed by atoms with Crippen LogP contribution in [0.5, 0.6) is 0 Å². The number of hydrogen-bond acceptors (Lipinski definition) is 3. The highest BCUT2D eigenvalue weighted by atomic mass is 16.2. The largest absolute Gasteiger partial charge is 0.352 e. The first-order valence-corrected chi connectivity index (χ1v) is 8.84. The van der Waals surface area contributed by atoms with Gasteiger partial charge in [-0.1, -0.05) is 44.2 Å². The van der Waals surface area contributed by atoms with Gasteiger partial charge < -0.3 is 10.6 Å². The Hall–Kier alpha value is -3.41. The predicted octanol–water partition coefficient (Wildman–Crippen LogP) is 3.51. The van der Waals surface area contributed by atoms with E-state index in [2.05, 4.69) is 15.7 Å². The van der Waals surface area contributed by atoms with Gasteiger partial charge in [0.25, 0.3) is 11.8 Å². The molecule has 0 aliphatic rings. The Morgan fingerprint density at radius 1 is 0.963 bits per heavy atom. The zero-order valence-corrected chi connectivity index (χ0v) is 15.3. The molecular formula is C21H22N4O2. The number of carbonyl (C=O) groups excluding carboxylic acids is 2. The zero-order chi connectivity index (χ0) is 19.2. The average molecular weight is 362 g/mol. The second-order valence-electron chi connectivity index (χ2n) is 6.58. The molecule has 1 heterocycles. The average Bonchev–Trinajstić information content (AvgIpc) is 3.17. The lowest BCUT2D eigenvalue weighted by atomic mass is 10.1. The molecule has 138 valence electrons. The third-order valence-corrected chi connectivity index (χ3v) is 3.93. The first-order valence-electron chi connectivity index (χ1n) is 8.84. The summed E-state index contributed by atoms with van der Waals surface area (Å²) in [4.78, 5) is 25.0. The van der Waals surface area contributed by atoms with Crippen molar-refractivity contribution in [3.8, 4) is 5.69 Å². The molecule has 6 heteroatoms. The van der Waals surface area contributed by atoms with Crippen molar-refractivity contribution >= 4 is 17.5 Å². The van der Waals surface area contributed by atoms with Crippen LogP contribution in [0.2, 0.25) is 0 Å². The Balaban J connectivity index is 1.75. The van der Waals surface area contributed by atoms with Gasteiger partial charge in [0.2, 0.25) is 0 Å². The van der Waals surface area contributed by atoms with Crippen LogP contribution in [0.15, 0.2) is 66.9 Å². The lowest BCUT2D eigenvalue weighted by Crippen LogP contribution is -2.28. The third-order valence-electron chi connectivity index (χ3n) is 3.93. The van der Waals surface area contributed by atoms with Gasteiger partial charge in [-0.3, -0.25) is 9.59 Å². The van der Waals surface area contributed by atoms with Crippen LogP contribution in [-0.2, 0) is 0 Å². The summed E-state index contributed by atoms with van der Waals surface area (Å²) in [6, 6.07) is 18.1. The lowest BCUT2D eigenvalue weighted by Gasteiger charge is -2.12. The Morgan fingerprint density at radius 3 is 2.41 bits per heavy atom. The smallest absolute Gasteiger partial charge is 0.276 e. The monoisotopic (exact) mass is 362 g/mol. The summed E-state index contributed by atoms with van der Waals surface area (Å²) in [5.41, 5.74) is 2.02. The number of anilines is 1. The van der Waals surface area contributed by atoms with Gasteiger partial charge in [0.05, 0.1) is 16.9 Å². The van der Waals surface area contributed by atoms with Gasteiger partial charge in [-0.25, -0.2) is 4.68 Å². The predicted molar refractivity (Wildman–Crippen MR) is 105 cm³/mol. The summed E-state index contributed by atoms with van der Waals surface area (Å²) < 4.78 is 1.64. The van der Waals surface area contributed by atoms with Crippen molar-refractivity contribution in [2.24, 2.45) is 5.92 Å². The maximum atomic E-state index is 12.6. The third kappa shape index (κ3) is 4.61. The van der Waals surface area contributed by atoms with E-state index in [1.165, 1.54) is 0 Å². The van der Waals surface area contributed by atoms with Crippen molar-refractivity contribution in [2.45, 2.75) is 13.8 Å². The summed E-state index contributed by atoms with van der Waals surface area (Å²) in [6.45, 7) is 4.62. The summed E-state index contributed by atoms with van der Waals surface area (Å²) >= 11 is 0. The van der Waals surface area contributed by atoms with Gasteiger partial charge in [-0.05, 0) is 36.2 Å². The van der Waals surface area contributed by atoms with Crippen molar-refractivity contribution < 1.29 is 9.59 Å². The van der Waals surface area contributed by atoms with Crippen molar-refractivity contribution in [2.75, 3.05) is 11.9 Å². The first-order chi connectivity index (χ1) is 13.0. The molecule has 0 bridgehead atoms. The molecule has 0 saturated carbocycles. The van der Waals surface area contributed by atoms with Crippen LogP contribution in [0.25, 0.3) is 5.69 Å². The number of benzene rings is 2. The topological polar surface area (TPSA) is 76.0 Å². The molecule has 0 aliphatic heterocycles. The van der Waals surface area contributed by atoms with Crippen LogP contribution in [0.4, 0.5) is 5.69 Å².